The number of hydrogen-bond acceptors (Lipinski definition) is 3. The molecular formula is C13H25N3O2. The molecule has 0 bridgehead atoms. The number of rotatable bonds is 3. The summed E-state index contributed by atoms with van der Waals surface area (Å²) in [5.41, 5.74) is 4.87. The zero-order valence-electron chi connectivity index (χ0n) is 11.9. The van der Waals surface area contributed by atoms with E-state index in [-0.39, 0.29) is 23.2 Å². The van der Waals surface area contributed by atoms with Gasteiger partial charge in [-0.05, 0) is 31.1 Å². The van der Waals surface area contributed by atoms with Crippen molar-refractivity contribution in [3.05, 3.63) is 0 Å². The molecule has 104 valence electrons. The molecule has 0 aromatic rings. The molecule has 5 heteroatoms. The monoisotopic (exact) mass is 255 g/mol. The van der Waals surface area contributed by atoms with Gasteiger partial charge in [0.1, 0.15) is 5.41 Å². The van der Waals surface area contributed by atoms with Gasteiger partial charge in [-0.2, -0.15) is 0 Å². The Bertz CT molecular complexity index is 352. The zero-order valence-corrected chi connectivity index (χ0v) is 11.9. The first-order valence-corrected chi connectivity index (χ1v) is 6.42. The van der Waals surface area contributed by atoms with Gasteiger partial charge in [0.2, 0.25) is 5.91 Å². The van der Waals surface area contributed by atoms with Crippen LogP contribution in [0.4, 0.5) is 0 Å². The Morgan fingerprint density at radius 1 is 1.50 bits per heavy atom. The van der Waals surface area contributed by atoms with Crippen LogP contribution in [0.3, 0.4) is 0 Å². The molecule has 1 aliphatic rings. The second-order valence-electron chi connectivity index (χ2n) is 6.64. The van der Waals surface area contributed by atoms with Crippen molar-refractivity contribution < 1.29 is 10.0 Å². The van der Waals surface area contributed by atoms with Gasteiger partial charge in [-0.25, -0.2) is 0 Å². The van der Waals surface area contributed by atoms with Crippen molar-refractivity contribution in [3.63, 3.8) is 0 Å². The highest BCUT2D eigenvalue weighted by atomic mass is 16.4. The Labute approximate surface area is 109 Å². The van der Waals surface area contributed by atoms with E-state index >= 15 is 0 Å². The van der Waals surface area contributed by atoms with Gasteiger partial charge in [0.15, 0.2) is 5.84 Å². The predicted octanol–water partition coefficient (Wildman–Crippen LogP) is 1.70. The molecule has 0 spiro atoms. The normalized spacial score (nSPS) is 30.5. The van der Waals surface area contributed by atoms with E-state index in [0.29, 0.717) is 18.8 Å². The lowest BCUT2D eigenvalue weighted by atomic mass is 9.61. The van der Waals surface area contributed by atoms with E-state index in [0.717, 1.165) is 0 Å². The molecule has 0 aromatic heterocycles. The Kier molecular flexibility index (Phi) is 3.93. The summed E-state index contributed by atoms with van der Waals surface area (Å²) in [5, 5.41) is 14.9. The molecule has 1 atom stereocenters. The van der Waals surface area contributed by atoms with Crippen molar-refractivity contribution in [2.45, 2.75) is 53.5 Å². The Morgan fingerprint density at radius 2 is 2.00 bits per heavy atom. The number of amides is 1. The lowest BCUT2D eigenvalue weighted by Crippen LogP contribution is -2.59. The predicted molar refractivity (Wildman–Crippen MR) is 71.3 cm³/mol. The standard InChI is InChI=1S/C13H25N3O2/c1-8-6-13(7-8,10(14)16-18)11(17)15-9(2)12(3,4)5/h8-9,18H,6-7H2,1-5H3,(H2,14,16)(H,15,17). The zero-order chi connectivity index (χ0) is 14.1. The summed E-state index contributed by atoms with van der Waals surface area (Å²) in [6.07, 6.45) is 1.29. The van der Waals surface area contributed by atoms with Crippen LogP contribution in [0.5, 0.6) is 0 Å². The van der Waals surface area contributed by atoms with E-state index in [1.807, 2.05) is 6.92 Å². The lowest BCUT2D eigenvalue weighted by Gasteiger charge is -2.45. The maximum Gasteiger partial charge on any atom is 0.234 e. The largest absolute Gasteiger partial charge is 0.409 e. The number of nitrogens with zero attached hydrogens (tertiary/aromatic N) is 1. The van der Waals surface area contributed by atoms with Gasteiger partial charge in [-0.15, -0.1) is 0 Å². The van der Waals surface area contributed by atoms with Crippen molar-refractivity contribution in [3.8, 4) is 0 Å². The number of nitrogens with one attached hydrogen (secondary N) is 1. The minimum atomic E-state index is -0.812. The van der Waals surface area contributed by atoms with Crippen molar-refractivity contribution >= 4 is 11.7 Å². The Hall–Kier alpha value is -1.26. The molecular weight excluding hydrogens is 230 g/mol. The van der Waals surface area contributed by atoms with Crippen LogP contribution >= 0.6 is 0 Å². The SMILES string of the molecule is CC1CC(C(=O)NC(C)C(C)(C)C)(C(N)=NO)C1. The molecule has 1 unspecified atom stereocenters. The molecule has 1 fully saturated rings. The van der Waals surface area contributed by atoms with Gasteiger partial charge >= 0.3 is 0 Å². The molecule has 0 aromatic carbocycles. The molecule has 0 heterocycles. The van der Waals surface area contributed by atoms with E-state index in [1.54, 1.807) is 0 Å². The van der Waals surface area contributed by atoms with Crippen LogP contribution in [0.25, 0.3) is 0 Å². The highest BCUT2D eigenvalue weighted by Crippen LogP contribution is 2.46. The fourth-order valence-corrected chi connectivity index (χ4v) is 2.29. The van der Waals surface area contributed by atoms with Crippen LogP contribution in [0.2, 0.25) is 0 Å². The molecule has 0 aliphatic heterocycles. The van der Waals surface area contributed by atoms with Gasteiger partial charge < -0.3 is 16.3 Å². The Balaban J connectivity index is 2.81. The summed E-state index contributed by atoms with van der Waals surface area (Å²) >= 11 is 0. The number of carbonyl (C=O) groups excluding carboxylic acids is 1. The molecule has 0 saturated heterocycles. The fraction of sp³-hybridized carbons (Fsp3) is 0.846. The second kappa shape index (κ2) is 4.78. The quantitative estimate of drug-likeness (QED) is 0.310. The molecule has 1 amide bonds. The number of nitrogens with two attached hydrogens (primary N) is 1. The highest BCUT2D eigenvalue weighted by molar-refractivity contribution is 6.07. The van der Waals surface area contributed by atoms with E-state index in [1.165, 1.54) is 0 Å². The maximum atomic E-state index is 12.4. The molecule has 1 aliphatic carbocycles. The van der Waals surface area contributed by atoms with E-state index in [2.05, 4.69) is 38.2 Å². The number of oxime groups is 1. The summed E-state index contributed by atoms with van der Waals surface area (Å²) in [6, 6.07) is 0.0317. The van der Waals surface area contributed by atoms with Crippen LogP contribution in [-0.2, 0) is 4.79 Å². The average molecular weight is 255 g/mol. The van der Waals surface area contributed by atoms with Gasteiger partial charge in [-0.3, -0.25) is 4.79 Å². The first-order valence-electron chi connectivity index (χ1n) is 6.42. The summed E-state index contributed by atoms with van der Waals surface area (Å²) < 4.78 is 0. The van der Waals surface area contributed by atoms with Crippen molar-refractivity contribution in [1.29, 1.82) is 0 Å². The van der Waals surface area contributed by atoms with Crippen LogP contribution < -0.4 is 11.1 Å². The maximum absolute atomic E-state index is 12.4. The number of carbonyl (C=O) groups is 1. The van der Waals surface area contributed by atoms with Gasteiger partial charge in [-0.1, -0.05) is 32.9 Å². The van der Waals surface area contributed by atoms with Crippen LogP contribution in [0.1, 0.15) is 47.5 Å². The Morgan fingerprint density at radius 3 is 2.33 bits per heavy atom. The molecule has 18 heavy (non-hydrogen) atoms. The lowest BCUT2D eigenvalue weighted by molar-refractivity contribution is -0.134. The smallest absolute Gasteiger partial charge is 0.234 e. The van der Waals surface area contributed by atoms with Crippen LogP contribution in [-0.4, -0.2) is 23.0 Å². The molecule has 5 nitrogen and oxygen atoms in total. The summed E-state index contributed by atoms with van der Waals surface area (Å²) in [4.78, 5) is 12.4. The van der Waals surface area contributed by atoms with Gasteiger partial charge in [0, 0.05) is 6.04 Å². The van der Waals surface area contributed by atoms with Gasteiger partial charge in [0.05, 0.1) is 0 Å². The summed E-state index contributed by atoms with van der Waals surface area (Å²) in [7, 11) is 0. The number of amidine groups is 1. The van der Waals surface area contributed by atoms with Crippen molar-refractivity contribution in [2.75, 3.05) is 0 Å². The van der Waals surface area contributed by atoms with Crippen LogP contribution in [0.15, 0.2) is 5.16 Å². The third kappa shape index (κ3) is 2.60. The first-order chi connectivity index (χ1) is 8.13. The van der Waals surface area contributed by atoms with Crippen molar-refractivity contribution in [1.82, 2.24) is 5.32 Å². The molecule has 1 rings (SSSR count). The third-order valence-corrected chi connectivity index (χ3v) is 4.07. The summed E-state index contributed by atoms with van der Waals surface area (Å²) in [5.74, 6) is 0.332. The molecule has 1 saturated carbocycles. The number of hydrogen-bond donors (Lipinski definition) is 3. The minimum Gasteiger partial charge on any atom is -0.409 e. The molecule has 0 radical (unpaired) electrons. The van der Waals surface area contributed by atoms with E-state index in [4.69, 9.17) is 10.9 Å². The van der Waals surface area contributed by atoms with Gasteiger partial charge in [0.25, 0.3) is 0 Å². The van der Waals surface area contributed by atoms with Crippen molar-refractivity contribution in [2.24, 2.45) is 27.6 Å². The topological polar surface area (TPSA) is 87.7 Å². The molecule has 4 N–H and O–H groups in total. The highest BCUT2D eigenvalue weighted by Gasteiger charge is 2.52. The van der Waals surface area contributed by atoms with E-state index < -0.39 is 5.41 Å². The fourth-order valence-electron chi connectivity index (χ4n) is 2.29. The van der Waals surface area contributed by atoms with Crippen LogP contribution in [0, 0.1) is 16.7 Å². The summed E-state index contributed by atoms with van der Waals surface area (Å²) in [6.45, 7) is 10.2. The average Bonchev–Trinajstić information content (AvgIpc) is 2.21. The second-order valence-corrected chi connectivity index (χ2v) is 6.64. The minimum absolute atomic E-state index is 0.0165. The third-order valence-electron chi connectivity index (χ3n) is 4.07. The first kappa shape index (κ1) is 14.8. The van der Waals surface area contributed by atoms with E-state index in [9.17, 15) is 4.79 Å².